The van der Waals surface area contributed by atoms with Crippen molar-refractivity contribution in [3.63, 3.8) is 0 Å². The third-order valence-corrected chi connectivity index (χ3v) is 3.74. The summed E-state index contributed by atoms with van der Waals surface area (Å²) < 4.78 is 0. The van der Waals surface area contributed by atoms with Crippen molar-refractivity contribution in [1.29, 1.82) is 0 Å². The monoisotopic (exact) mass is 244 g/mol. The molecule has 1 heterocycles. The van der Waals surface area contributed by atoms with Crippen LogP contribution in [0.25, 0.3) is 0 Å². The molecule has 0 unspecified atom stereocenters. The van der Waals surface area contributed by atoms with Gasteiger partial charge in [0.05, 0.1) is 0 Å². The summed E-state index contributed by atoms with van der Waals surface area (Å²) in [4.78, 5) is 11.6. The lowest BCUT2D eigenvalue weighted by molar-refractivity contribution is -0.121. The van der Waals surface area contributed by atoms with E-state index in [1.165, 1.54) is 16.7 Å². The quantitative estimate of drug-likeness (QED) is 0.843. The molecule has 18 heavy (non-hydrogen) atoms. The number of fused-ring (bicyclic) bond motifs is 1. The Bertz CT molecular complexity index is 452. The third kappa shape index (κ3) is 2.91. The summed E-state index contributed by atoms with van der Waals surface area (Å²) in [6, 6.07) is 7.12. The molecule has 0 bridgehead atoms. The molecule has 1 aliphatic heterocycles. The molecule has 3 nitrogen and oxygen atoms in total. The molecule has 1 aromatic rings. The van der Waals surface area contributed by atoms with Crippen molar-refractivity contribution in [3.05, 3.63) is 34.9 Å². The van der Waals surface area contributed by atoms with E-state index in [9.17, 15) is 4.79 Å². The standard InChI is InChI=1S/C15H20N2O/c18-15(17-14-4-5-14)6-2-11-1-3-13-10-16-8-7-12(13)9-11/h1,3,9,14,16H,2,4-8,10H2,(H,17,18). The van der Waals surface area contributed by atoms with E-state index >= 15 is 0 Å². The second-order valence-corrected chi connectivity index (χ2v) is 5.37. The van der Waals surface area contributed by atoms with Crippen LogP contribution in [-0.2, 0) is 24.2 Å². The first-order chi connectivity index (χ1) is 8.81. The van der Waals surface area contributed by atoms with Crippen molar-refractivity contribution >= 4 is 5.91 Å². The van der Waals surface area contributed by atoms with Gasteiger partial charge in [-0.25, -0.2) is 0 Å². The summed E-state index contributed by atoms with van der Waals surface area (Å²) in [7, 11) is 0. The maximum atomic E-state index is 11.6. The highest BCUT2D eigenvalue weighted by atomic mass is 16.1. The molecule has 0 radical (unpaired) electrons. The van der Waals surface area contributed by atoms with Crippen LogP contribution in [0.15, 0.2) is 18.2 Å². The number of benzene rings is 1. The smallest absolute Gasteiger partial charge is 0.220 e. The second-order valence-electron chi connectivity index (χ2n) is 5.37. The first-order valence-corrected chi connectivity index (χ1v) is 6.92. The Kier molecular flexibility index (Phi) is 3.33. The third-order valence-electron chi connectivity index (χ3n) is 3.74. The highest BCUT2D eigenvalue weighted by Gasteiger charge is 2.22. The van der Waals surface area contributed by atoms with Gasteiger partial charge < -0.3 is 10.6 Å². The summed E-state index contributed by atoms with van der Waals surface area (Å²) in [5.41, 5.74) is 4.16. The van der Waals surface area contributed by atoms with Gasteiger partial charge in [0, 0.05) is 19.0 Å². The molecular formula is C15H20N2O. The molecular weight excluding hydrogens is 224 g/mol. The van der Waals surface area contributed by atoms with Gasteiger partial charge in [0.2, 0.25) is 5.91 Å². The Morgan fingerprint density at radius 1 is 1.33 bits per heavy atom. The van der Waals surface area contributed by atoms with Crippen LogP contribution in [0.5, 0.6) is 0 Å². The minimum atomic E-state index is 0.205. The zero-order valence-electron chi connectivity index (χ0n) is 10.7. The van der Waals surface area contributed by atoms with Crippen LogP contribution in [0, 0.1) is 0 Å². The largest absolute Gasteiger partial charge is 0.353 e. The summed E-state index contributed by atoms with van der Waals surface area (Å²) in [5.74, 6) is 0.205. The number of nitrogens with one attached hydrogen (secondary N) is 2. The fourth-order valence-corrected chi connectivity index (χ4v) is 2.47. The lowest BCUT2D eigenvalue weighted by atomic mass is 9.97. The number of rotatable bonds is 4. The maximum absolute atomic E-state index is 11.6. The Morgan fingerprint density at radius 3 is 3.06 bits per heavy atom. The van der Waals surface area contributed by atoms with Gasteiger partial charge in [0.15, 0.2) is 0 Å². The molecule has 0 aromatic heterocycles. The normalized spacial score (nSPS) is 18.2. The number of carbonyl (C=O) groups excluding carboxylic acids is 1. The van der Waals surface area contributed by atoms with Crippen LogP contribution >= 0.6 is 0 Å². The van der Waals surface area contributed by atoms with E-state index in [0.29, 0.717) is 12.5 Å². The Labute approximate surface area is 108 Å². The number of aryl methyl sites for hydroxylation is 1. The van der Waals surface area contributed by atoms with E-state index in [4.69, 9.17) is 0 Å². The minimum absolute atomic E-state index is 0.205. The van der Waals surface area contributed by atoms with Crippen molar-refractivity contribution in [2.24, 2.45) is 0 Å². The molecule has 1 aromatic carbocycles. The Balaban J connectivity index is 1.56. The summed E-state index contributed by atoms with van der Waals surface area (Å²) in [5, 5.41) is 6.41. The molecule has 0 atom stereocenters. The van der Waals surface area contributed by atoms with E-state index in [-0.39, 0.29) is 5.91 Å². The van der Waals surface area contributed by atoms with E-state index in [0.717, 1.165) is 38.8 Å². The molecule has 3 heteroatoms. The first kappa shape index (κ1) is 11.7. The highest BCUT2D eigenvalue weighted by Crippen LogP contribution is 2.19. The summed E-state index contributed by atoms with van der Waals surface area (Å²) >= 11 is 0. The molecule has 3 rings (SSSR count). The molecule has 1 aliphatic carbocycles. The van der Waals surface area contributed by atoms with Gasteiger partial charge in [0.25, 0.3) is 0 Å². The SMILES string of the molecule is O=C(CCc1ccc2c(c1)CCNC2)NC1CC1. The van der Waals surface area contributed by atoms with Gasteiger partial charge in [-0.2, -0.15) is 0 Å². The van der Waals surface area contributed by atoms with E-state index in [2.05, 4.69) is 28.8 Å². The average molecular weight is 244 g/mol. The van der Waals surface area contributed by atoms with E-state index in [1.807, 2.05) is 0 Å². The number of hydrogen-bond acceptors (Lipinski definition) is 2. The van der Waals surface area contributed by atoms with Crippen molar-refractivity contribution in [3.8, 4) is 0 Å². The predicted octanol–water partition coefficient (Wildman–Crippen LogP) is 1.54. The van der Waals surface area contributed by atoms with Crippen LogP contribution < -0.4 is 10.6 Å². The predicted molar refractivity (Wildman–Crippen MR) is 71.3 cm³/mol. The summed E-state index contributed by atoms with van der Waals surface area (Å²) in [6.07, 6.45) is 4.92. The fourth-order valence-electron chi connectivity index (χ4n) is 2.47. The van der Waals surface area contributed by atoms with E-state index < -0.39 is 0 Å². The van der Waals surface area contributed by atoms with Crippen molar-refractivity contribution in [2.45, 2.75) is 44.7 Å². The molecule has 96 valence electrons. The van der Waals surface area contributed by atoms with Crippen LogP contribution in [0.3, 0.4) is 0 Å². The maximum Gasteiger partial charge on any atom is 0.220 e. The fraction of sp³-hybridized carbons (Fsp3) is 0.533. The lowest BCUT2D eigenvalue weighted by Crippen LogP contribution is -2.25. The topological polar surface area (TPSA) is 41.1 Å². The molecule has 2 N–H and O–H groups in total. The number of amides is 1. The molecule has 2 aliphatic rings. The zero-order valence-corrected chi connectivity index (χ0v) is 10.7. The number of hydrogen-bond donors (Lipinski definition) is 2. The molecule has 1 saturated carbocycles. The minimum Gasteiger partial charge on any atom is -0.353 e. The molecule has 0 saturated heterocycles. The van der Waals surface area contributed by atoms with E-state index in [1.54, 1.807) is 0 Å². The number of carbonyl (C=O) groups is 1. The van der Waals surface area contributed by atoms with Crippen molar-refractivity contribution in [2.75, 3.05) is 6.54 Å². The van der Waals surface area contributed by atoms with Crippen LogP contribution in [0.1, 0.15) is 36.0 Å². The van der Waals surface area contributed by atoms with Crippen LogP contribution in [-0.4, -0.2) is 18.5 Å². The molecule has 1 fully saturated rings. The van der Waals surface area contributed by atoms with Crippen LogP contribution in [0.2, 0.25) is 0 Å². The van der Waals surface area contributed by atoms with Gasteiger partial charge in [-0.1, -0.05) is 18.2 Å². The van der Waals surface area contributed by atoms with Gasteiger partial charge in [-0.3, -0.25) is 4.79 Å². The Morgan fingerprint density at radius 2 is 2.22 bits per heavy atom. The molecule has 1 amide bonds. The second kappa shape index (κ2) is 5.11. The average Bonchev–Trinajstić information content (AvgIpc) is 3.20. The molecule has 0 spiro atoms. The van der Waals surface area contributed by atoms with Crippen molar-refractivity contribution < 1.29 is 4.79 Å². The zero-order chi connectivity index (χ0) is 12.4. The van der Waals surface area contributed by atoms with Gasteiger partial charge in [-0.15, -0.1) is 0 Å². The summed E-state index contributed by atoms with van der Waals surface area (Å²) in [6.45, 7) is 2.05. The van der Waals surface area contributed by atoms with Gasteiger partial charge >= 0.3 is 0 Å². The highest BCUT2D eigenvalue weighted by molar-refractivity contribution is 5.76. The van der Waals surface area contributed by atoms with Crippen LogP contribution in [0.4, 0.5) is 0 Å². The Hall–Kier alpha value is -1.35. The lowest BCUT2D eigenvalue weighted by Gasteiger charge is -2.17. The van der Waals surface area contributed by atoms with Gasteiger partial charge in [0.1, 0.15) is 0 Å². The van der Waals surface area contributed by atoms with Crippen molar-refractivity contribution in [1.82, 2.24) is 10.6 Å². The first-order valence-electron chi connectivity index (χ1n) is 6.92. The van der Waals surface area contributed by atoms with Gasteiger partial charge in [-0.05, 0) is 48.9 Å².